The first-order chi connectivity index (χ1) is 13.0. The van der Waals surface area contributed by atoms with Crippen LogP contribution in [0.3, 0.4) is 0 Å². The molecule has 2 N–H and O–H groups in total. The minimum Gasteiger partial charge on any atom is -0.338 e. The quantitative estimate of drug-likeness (QED) is 0.598. The van der Waals surface area contributed by atoms with E-state index in [9.17, 15) is 9.59 Å². The van der Waals surface area contributed by atoms with Crippen molar-refractivity contribution in [2.45, 2.75) is 45.6 Å². The molecule has 1 unspecified atom stereocenters. The number of anilines is 1. The Morgan fingerprint density at radius 2 is 1.85 bits per heavy atom. The van der Waals surface area contributed by atoms with E-state index in [0.717, 1.165) is 44.6 Å². The minimum absolute atomic E-state index is 0.0115. The van der Waals surface area contributed by atoms with Crippen molar-refractivity contribution in [3.05, 3.63) is 29.3 Å². The van der Waals surface area contributed by atoms with E-state index >= 15 is 0 Å². The van der Waals surface area contributed by atoms with E-state index in [-0.39, 0.29) is 18.0 Å². The van der Waals surface area contributed by atoms with Gasteiger partial charge in [-0.15, -0.1) is 0 Å². The lowest BCUT2D eigenvalue weighted by atomic mass is 10.2. The number of amides is 3. The molecule has 1 aliphatic heterocycles. The van der Waals surface area contributed by atoms with Crippen LogP contribution in [0, 0.1) is 0 Å². The van der Waals surface area contributed by atoms with Crippen LogP contribution >= 0.6 is 11.6 Å². The Balaban J connectivity index is 1.70. The van der Waals surface area contributed by atoms with Crippen LogP contribution < -0.4 is 15.5 Å². The minimum atomic E-state index is -0.205. The summed E-state index contributed by atoms with van der Waals surface area (Å²) in [6.45, 7) is 8.69. The first-order valence-corrected chi connectivity index (χ1v) is 10.2. The van der Waals surface area contributed by atoms with Crippen molar-refractivity contribution in [3.8, 4) is 0 Å². The number of carbonyl (C=O) groups is 2. The monoisotopic (exact) mass is 394 g/mol. The summed E-state index contributed by atoms with van der Waals surface area (Å²) in [6, 6.07) is 6.78. The third-order valence-corrected chi connectivity index (χ3v) is 4.87. The van der Waals surface area contributed by atoms with Gasteiger partial charge in [0.2, 0.25) is 5.91 Å². The first-order valence-electron chi connectivity index (χ1n) is 9.86. The van der Waals surface area contributed by atoms with Crippen LogP contribution in [-0.2, 0) is 4.79 Å². The molecular weight excluding hydrogens is 364 g/mol. The number of benzene rings is 1. The fourth-order valence-electron chi connectivity index (χ4n) is 3.38. The summed E-state index contributed by atoms with van der Waals surface area (Å²) in [4.78, 5) is 28.5. The van der Waals surface area contributed by atoms with Gasteiger partial charge in [-0.25, -0.2) is 4.79 Å². The van der Waals surface area contributed by atoms with E-state index in [0.29, 0.717) is 24.5 Å². The van der Waals surface area contributed by atoms with Gasteiger partial charge in [-0.05, 0) is 63.2 Å². The Hall–Kier alpha value is -1.79. The van der Waals surface area contributed by atoms with Crippen molar-refractivity contribution in [1.29, 1.82) is 0 Å². The number of rotatable bonds is 10. The third kappa shape index (κ3) is 7.03. The number of carbonyl (C=O) groups excluding carboxylic acids is 2. The predicted octanol–water partition coefficient (Wildman–Crippen LogP) is 3.26. The molecule has 0 spiro atoms. The van der Waals surface area contributed by atoms with Gasteiger partial charge in [0.05, 0.1) is 6.04 Å². The maximum absolute atomic E-state index is 12.2. The molecule has 150 valence electrons. The van der Waals surface area contributed by atoms with Gasteiger partial charge in [-0.3, -0.25) is 4.79 Å². The second-order valence-electron chi connectivity index (χ2n) is 6.98. The largest absolute Gasteiger partial charge is 0.338 e. The van der Waals surface area contributed by atoms with Crippen molar-refractivity contribution < 1.29 is 9.59 Å². The second kappa shape index (κ2) is 11.1. The molecule has 1 aromatic rings. The van der Waals surface area contributed by atoms with E-state index in [2.05, 4.69) is 29.4 Å². The molecule has 7 heteroatoms. The molecule has 0 radical (unpaired) electrons. The standard InChI is InChI=1S/C20H31ClN4O2/c1-3-11-24(12-4-2)13-5-10-22-20(27)23-17-14-19(26)25(15-17)18-8-6-16(21)7-9-18/h6-9,17H,3-5,10-15H2,1-2H3,(H2,22,23,27). The van der Waals surface area contributed by atoms with Crippen LogP contribution in [0.15, 0.2) is 24.3 Å². The molecule has 1 heterocycles. The van der Waals surface area contributed by atoms with Gasteiger partial charge in [-0.2, -0.15) is 0 Å². The molecule has 1 fully saturated rings. The number of nitrogens with zero attached hydrogens (tertiary/aromatic N) is 2. The summed E-state index contributed by atoms with van der Waals surface area (Å²) in [6.07, 6.45) is 3.53. The van der Waals surface area contributed by atoms with Gasteiger partial charge in [0.1, 0.15) is 0 Å². The van der Waals surface area contributed by atoms with Crippen LogP contribution in [0.5, 0.6) is 0 Å². The van der Waals surface area contributed by atoms with E-state index in [4.69, 9.17) is 11.6 Å². The first kappa shape index (κ1) is 21.5. The lowest BCUT2D eigenvalue weighted by molar-refractivity contribution is -0.117. The maximum Gasteiger partial charge on any atom is 0.315 e. The van der Waals surface area contributed by atoms with Gasteiger partial charge in [0, 0.05) is 30.2 Å². The average Bonchev–Trinajstić information content (AvgIpc) is 2.99. The molecular formula is C20H31ClN4O2. The van der Waals surface area contributed by atoms with Crippen molar-refractivity contribution in [3.63, 3.8) is 0 Å². The van der Waals surface area contributed by atoms with Gasteiger partial charge in [0.15, 0.2) is 0 Å². The van der Waals surface area contributed by atoms with Crippen LogP contribution in [0.4, 0.5) is 10.5 Å². The zero-order valence-electron chi connectivity index (χ0n) is 16.3. The highest BCUT2D eigenvalue weighted by Crippen LogP contribution is 2.23. The van der Waals surface area contributed by atoms with Crippen LogP contribution in [0.2, 0.25) is 5.02 Å². The van der Waals surface area contributed by atoms with Crippen molar-refractivity contribution >= 4 is 29.2 Å². The third-order valence-electron chi connectivity index (χ3n) is 4.61. The zero-order chi connectivity index (χ0) is 19.6. The highest BCUT2D eigenvalue weighted by Gasteiger charge is 2.31. The highest BCUT2D eigenvalue weighted by molar-refractivity contribution is 6.30. The number of halogens is 1. The summed E-state index contributed by atoms with van der Waals surface area (Å²) in [5.74, 6) is 0.0115. The molecule has 2 rings (SSSR count). The van der Waals surface area contributed by atoms with Gasteiger partial charge >= 0.3 is 6.03 Å². The fourth-order valence-corrected chi connectivity index (χ4v) is 3.51. The Morgan fingerprint density at radius 1 is 1.19 bits per heavy atom. The Morgan fingerprint density at radius 3 is 2.48 bits per heavy atom. The molecule has 3 amide bonds. The normalized spacial score (nSPS) is 16.8. The van der Waals surface area contributed by atoms with E-state index < -0.39 is 0 Å². The van der Waals surface area contributed by atoms with Crippen molar-refractivity contribution in [2.75, 3.05) is 37.6 Å². The fraction of sp³-hybridized carbons (Fsp3) is 0.600. The Bertz CT molecular complexity index is 603. The molecule has 0 aromatic heterocycles. The predicted molar refractivity (Wildman–Crippen MR) is 110 cm³/mol. The van der Waals surface area contributed by atoms with E-state index in [1.807, 2.05) is 12.1 Å². The highest BCUT2D eigenvalue weighted by atomic mass is 35.5. The number of hydrogen-bond acceptors (Lipinski definition) is 3. The van der Waals surface area contributed by atoms with E-state index in [1.165, 1.54) is 0 Å². The Kier molecular flexibility index (Phi) is 8.88. The molecule has 0 bridgehead atoms. The molecule has 1 aromatic carbocycles. The van der Waals surface area contributed by atoms with Gasteiger partial charge < -0.3 is 20.4 Å². The molecule has 27 heavy (non-hydrogen) atoms. The second-order valence-corrected chi connectivity index (χ2v) is 7.41. The number of hydrogen-bond donors (Lipinski definition) is 2. The molecule has 1 atom stereocenters. The number of urea groups is 1. The van der Waals surface area contributed by atoms with Gasteiger partial charge in [-0.1, -0.05) is 25.4 Å². The number of nitrogens with one attached hydrogen (secondary N) is 2. The summed E-state index contributed by atoms with van der Waals surface area (Å²) >= 11 is 5.90. The van der Waals surface area contributed by atoms with Crippen LogP contribution in [0.1, 0.15) is 39.5 Å². The summed E-state index contributed by atoms with van der Waals surface area (Å²) in [7, 11) is 0. The zero-order valence-corrected chi connectivity index (χ0v) is 17.1. The molecule has 0 saturated carbocycles. The average molecular weight is 395 g/mol. The maximum atomic E-state index is 12.2. The van der Waals surface area contributed by atoms with Gasteiger partial charge in [0.25, 0.3) is 0 Å². The summed E-state index contributed by atoms with van der Waals surface area (Å²) in [5.41, 5.74) is 0.807. The summed E-state index contributed by atoms with van der Waals surface area (Å²) < 4.78 is 0. The summed E-state index contributed by atoms with van der Waals surface area (Å²) in [5, 5.41) is 6.44. The lowest BCUT2D eigenvalue weighted by Gasteiger charge is -2.21. The lowest BCUT2D eigenvalue weighted by Crippen LogP contribution is -2.44. The van der Waals surface area contributed by atoms with Crippen LogP contribution in [0.25, 0.3) is 0 Å². The molecule has 0 aliphatic carbocycles. The van der Waals surface area contributed by atoms with Crippen LogP contribution in [-0.4, -0.2) is 55.6 Å². The topological polar surface area (TPSA) is 64.7 Å². The van der Waals surface area contributed by atoms with E-state index in [1.54, 1.807) is 17.0 Å². The molecule has 6 nitrogen and oxygen atoms in total. The smallest absolute Gasteiger partial charge is 0.315 e. The van der Waals surface area contributed by atoms with Crippen molar-refractivity contribution in [2.24, 2.45) is 0 Å². The SMILES string of the molecule is CCCN(CCC)CCCNC(=O)NC1CC(=O)N(c2ccc(Cl)cc2)C1. The molecule has 1 saturated heterocycles. The van der Waals surface area contributed by atoms with Crippen molar-refractivity contribution in [1.82, 2.24) is 15.5 Å². The Labute approximate surface area is 167 Å². The molecule has 1 aliphatic rings.